The molecule has 0 bridgehead atoms. The average Bonchev–Trinajstić information content (AvgIpc) is 2.80. The third-order valence-corrected chi connectivity index (χ3v) is 7.07. The Bertz CT molecular complexity index is 1240. The Hall–Kier alpha value is -3.16. The maximum atomic E-state index is 13.4. The van der Waals surface area contributed by atoms with Crippen molar-refractivity contribution >= 4 is 39.4 Å². The molecule has 33 heavy (non-hydrogen) atoms. The van der Waals surface area contributed by atoms with Gasteiger partial charge in [-0.2, -0.15) is 5.10 Å². The first-order valence-corrected chi connectivity index (χ1v) is 12.3. The molecular weight excluding hydrogens is 458 g/mol. The van der Waals surface area contributed by atoms with E-state index >= 15 is 0 Å². The molecule has 1 amide bonds. The second-order valence-electron chi connectivity index (χ2n) is 7.87. The highest BCUT2D eigenvalue weighted by atomic mass is 35.5. The number of aryl methyl sites for hydroxylation is 1. The fourth-order valence-corrected chi connectivity index (χ4v) is 4.85. The molecule has 0 aliphatic carbocycles. The third-order valence-electron chi connectivity index (χ3n) is 5.06. The topological polar surface area (TPSA) is 78.8 Å². The van der Waals surface area contributed by atoms with Gasteiger partial charge < -0.3 is 0 Å². The van der Waals surface area contributed by atoms with Crippen LogP contribution in [0.2, 0.25) is 5.02 Å². The normalized spacial score (nSPS) is 11.7. The lowest BCUT2D eigenvalue weighted by molar-refractivity contribution is -0.119. The van der Waals surface area contributed by atoms with E-state index in [1.165, 1.54) is 30.0 Å². The van der Waals surface area contributed by atoms with Crippen molar-refractivity contribution in [3.05, 3.63) is 94.5 Å². The Balaban J connectivity index is 1.83. The maximum absolute atomic E-state index is 13.4. The van der Waals surface area contributed by atoms with Gasteiger partial charge in [-0.05, 0) is 53.8 Å². The van der Waals surface area contributed by atoms with E-state index < -0.39 is 22.5 Å². The van der Waals surface area contributed by atoms with Crippen LogP contribution in [0.15, 0.2) is 82.8 Å². The van der Waals surface area contributed by atoms with Crippen molar-refractivity contribution in [1.29, 1.82) is 0 Å². The minimum Gasteiger partial charge on any atom is -0.271 e. The van der Waals surface area contributed by atoms with Gasteiger partial charge in [0.05, 0.1) is 16.8 Å². The number of sulfonamides is 1. The first kappa shape index (κ1) is 24.5. The van der Waals surface area contributed by atoms with E-state index in [4.69, 9.17) is 11.6 Å². The molecule has 3 rings (SSSR count). The van der Waals surface area contributed by atoms with E-state index in [2.05, 4.69) is 24.4 Å². The van der Waals surface area contributed by atoms with Crippen LogP contribution >= 0.6 is 11.6 Å². The summed E-state index contributed by atoms with van der Waals surface area (Å²) in [7, 11) is -4.02. The smallest absolute Gasteiger partial charge is 0.264 e. The Kier molecular flexibility index (Phi) is 7.89. The van der Waals surface area contributed by atoms with Crippen LogP contribution in [0.25, 0.3) is 0 Å². The first-order chi connectivity index (χ1) is 15.7. The summed E-state index contributed by atoms with van der Waals surface area (Å²) in [4.78, 5) is 12.7. The first-order valence-electron chi connectivity index (χ1n) is 10.4. The van der Waals surface area contributed by atoms with Crippen LogP contribution in [-0.4, -0.2) is 27.1 Å². The van der Waals surface area contributed by atoms with E-state index in [0.717, 1.165) is 9.87 Å². The Morgan fingerprint density at radius 1 is 1.06 bits per heavy atom. The zero-order chi connectivity index (χ0) is 24.0. The molecule has 0 heterocycles. The van der Waals surface area contributed by atoms with Crippen LogP contribution in [-0.2, 0) is 14.8 Å². The van der Waals surface area contributed by atoms with E-state index in [1.807, 2.05) is 24.3 Å². The van der Waals surface area contributed by atoms with Gasteiger partial charge in [0.1, 0.15) is 6.54 Å². The van der Waals surface area contributed by atoms with Crippen LogP contribution < -0.4 is 9.73 Å². The van der Waals surface area contributed by atoms with Gasteiger partial charge >= 0.3 is 0 Å². The van der Waals surface area contributed by atoms with Crippen LogP contribution in [0, 0.1) is 6.92 Å². The van der Waals surface area contributed by atoms with Crippen LogP contribution in [0.5, 0.6) is 0 Å². The van der Waals surface area contributed by atoms with Gasteiger partial charge in [-0.25, -0.2) is 13.8 Å². The standard InChI is InChI=1S/C25H26ClN3O3S/c1-18(2)21-12-10-20(11-13-21)16-27-28-25(30)17-29(24-15-22(26)14-9-19(24)3)33(31,32)23-7-5-4-6-8-23/h4-16,18H,17H2,1-3H3,(H,28,30)/b27-16-. The summed E-state index contributed by atoms with van der Waals surface area (Å²) in [6, 6.07) is 20.7. The number of hydrogen-bond acceptors (Lipinski definition) is 4. The molecule has 172 valence electrons. The molecule has 1 N–H and O–H groups in total. The molecule has 0 aliphatic rings. The molecule has 0 saturated carbocycles. The van der Waals surface area contributed by atoms with Crippen molar-refractivity contribution in [2.75, 3.05) is 10.8 Å². The Labute approximate surface area is 200 Å². The second-order valence-corrected chi connectivity index (χ2v) is 10.2. The molecule has 0 aromatic heterocycles. The van der Waals surface area contributed by atoms with Crippen molar-refractivity contribution in [1.82, 2.24) is 5.43 Å². The average molecular weight is 484 g/mol. The quantitative estimate of drug-likeness (QED) is 0.357. The van der Waals surface area contributed by atoms with Gasteiger partial charge in [-0.1, -0.05) is 74.0 Å². The molecule has 0 atom stereocenters. The van der Waals surface area contributed by atoms with Gasteiger partial charge in [0, 0.05) is 5.02 Å². The fourth-order valence-electron chi connectivity index (χ4n) is 3.18. The highest BCUT2D eigenvalue weighted by Gasteiger charge is 2.28. The zero-order valence-corrected chi connectivity index (χ0v) is 20.3. The monoisotopic (exact) mass is 483 g/mol. The number of carbonyl (C=O) groups is 1. The van der Waals surface area contributed by atoms with E-state index in [1.54, 1.807) is 37.3 Å². The van der Waals surface area contributed by atoms with Gasteiger partial charge in [0.15, 0.2) is 0 Å². The Morgan fingerprint density at radius 2 is 1.73 bits per heavy atom. The lowest BCUT2D eigenvalue weighted by Crippen LogP contribution is -2.40. The Morgan fingerprint density at radius 3 is 2.36 bits per heavy atom. The molecule has 0 spiro atoms. The van der Waals surface area contributed by atoms with Crippen molar-refractivity contribution in [2.45, 2.75) is 31.6 Å². The molecule has 0 saturated heterocycles. The molecule has 0 aliphatic heterocycles. The molecule has 3 aromatic rings. The molecule has 0 fully saturated rings. The number of nitrogens with zero attached hydrogens (tertiary/aromatic N) is 2. The number of nitrogens with one attached hydrogen (secondary N) is 1. The number of carbonyl (C=O) groups excluding carboxylic acids is 1. The largest absolute Gasteiger partial charge is 0.271 e. The van der Waals surface area contributed by atoms with Gasteiger partial charge in [0.25, 0.3) is 15.9 Å². The minimum absolute atomic E-state index is 0.0749. The van der Waals surface area contributed by atoms with Crippen molar-refractivity contribution in [3.8, 4) is 0 Å². The number of rotatable bonds is 8. The zero-order valence-electron chi connectivity index (χ0n) is 18.7. The molecule has 8 heteroatoms. The van der Waals surface area contributed by atoms with E-state index in [9.17, 15) is 13.2 Å². The van der Waals surface area contributed by atoms with Crippen molar-refractivity contribution in [2.24, 2.45) is 5.10 Å². The van der Waals surface area contributed by atoms with Crippen molar-refractivity contribution < 1.29 is 13.2 Å². The molecule has 6 nitrogen and oxygen atoms in total. The van der Waals surface area contributed by atoms with Crippen LogP contribution in [0.4, 0.5) is 5.69 Å². The predicted octanol–water partition coefficient (Wildman–Crippen LogP) is 5.12. The molecule has 0 radical (unpaired) electrons. The SMILES string of the molecule is Cc1ccc(Cl)cc1N(CC(=O)N/N=C\c1ccc(C(C)C)cc1)S(=O)(=O)c1ccccc1. The summed E-state index contributed by atoms with van der Waals surface area (Å²) >= 11 is 6.13. The summed E-state index contributed by atoms with van der Waals surface area (Å²) in [5.74, 6) is -0.160. The van der Waals surface area contributed by atoms with Crippen LogP contribution in [0.3, 0.4) is 0 Å². The van der Waals surface area contributed by atoms with Crippen molar-refractivity contribution in [3.63, 3.8) is 0 Å². The van der Waals surface area contributed by atoms with Gasteiger partial charge in [-0.3, -0.25) is 9.10 Å². The number of amides is 1. The molecule has 3 aromatic carbocycles. The number of anilines is 1. The third kappa shape index (κ3) is 6.21. The predicted molar refractivity (Wildman–Crippen MR) is 133 cm³/mol. The van der Waals surface area contributed by atoms with E-state index in [-0.39, 0.29) is 4.90 Å². The molecule has 0 unspecified atom stereocenters. The lowest BCUT2D eigenvalue weighted by atomic mass is 10.0. The number of hydrogen-bond donors (Lipinski definition) is 1. The summed E-state index contributed by atoms with van der Waals surface area (Å²) in [6.07, 6.45) is 1.52. The number of benzene rings is 3. The highest BCUT2D eigenvalue weighted by molar-refractivity contribution is 7.92. The minimum atomic E-state index is -4.02. The summed E-state index contributed by atoms with van der Waals surface area (Å²) in [6.45, 7) is 5.53. The molecular formula is C25H26ClN3O3S. The fraction of sp³-hybridized carbons (Fsp3) is 0.200. The highest BCUT2D eigenvalue weighted by Crippen LogP contribution is 2.29. The summed E-state index contributed by atoms with van der Waals surface area (Å²) in [5.41, 5.74) is 5.44. The summed E-state index contributed by atoms with van der Waals surface area (Å²) < 4.78 is 27.8. The van der Waals surface area contributed by atoms with Gasteiger partial charge in [0.2, 0.25) is 0 Å². The maximum Gasteiger partial charge on any atom is 0.264 e. The van der Waals surface area contributed by atoms with Crippen LogP contribution in [0.1, 0.15) is 36.5 Å². The summed E-state index contributed by atoms with van der Waals surface area (Å²) in [5, 5.41) is 4.35. The van der Waals surface area contributed by atoms with E-state index in [0.29, 0.717) is 22.2 Å². The van der Waals surface area contributed by atoms with Gasteiger partial charge in [-0.15, -0.1) is 0 Å². The number of halogens is 1. The number of hydrazone groups is 1. The second kappa shape index (κ2) is 10.6. The lowest BCUT2D eigenvalue weighted by Gasteiger charge is -2.25.